The van der Waals surface area contributed by atoms with Crippen LogP contribution in [0.25, 0.3) is 10.9 Å². The summed E-state index contributed by atoms with van der Waals surface area (Å²) in [7, 11) is 3.81. The van der Waals surface area contributed by atoms with Crippen molar-refractivity contribution in [3.8, 4) is 0 Å². The molecule has 0 aliphatic carbocycles. The second kappa shape index (κ2) is 35.4. The van der Waals surface area contributed by atoms with Crippen LogP contribution in [0.4, 0.5) is 10.5 Å². The number of aryl methyl sites for hydroxylation is 1. The number of nitrogens with two attached hydrogens (primary N) is 1. The zero-order valence-corrected chi connectivity index (χ0v) is 41.9. The number of hydrogen-bond donors (Lipinski definition) is 8. The summed E-state index contributed by atoms with van der Waals surface area (Å²) in [6.07, 6.45) is 0.836. The lowest BCUT2D eigenvalue weighted by Crippen LogP contribution is -2.54. The zero-order chi connectivity index (χ0) is 51.6. The van der Waals surface area contributed by atoms with Crippen LogP contribution >= 0.6 is 0 Å². The number of amides is 7. The van der Waals surface area contributed by atoms with Crippen molar-refractivity contribution in [2.24, 2.45) is 11.7 Å². The molecule has 22 heteroatoms. The lowest BCUT2D eigenvalue weighted by molar-refractivity contribution is -0.132. The van der Waals surface area contributed by atoms with E-state index in [0.717, 1.165) is 22.2 Å². The Kier molecular flexibility index (Phi) is 29.7. The number of urea groups is 1. The molecule has 0 bridgehead atoms. The number of carbonyl (C=O) groups excluding carboxylic acids is 6. The molecule has 7 amide bonds. The zero-order valence-electron chi connectivity index (χ0n) is 41.9. The highest BCUT2D eigenvalue weighted by Crippen LogP contribution is 2.21. The molecule has 3 aromatic rings. The van der Waals surface area contributed by atoms with Gasteiger partial charge in [-0.15, -0.1) is 0 Å². The van der Waals surface area contributed by atoms with Gasteiger partial charge in [0.1, 0.15) is 12.1 Å². The number of nitrogens with zero attached hydrogens (tertiary/aromatic N) is 2. The van der Waals surface area contributed by atoms with Crippen molar-refractivity contribution in [3.63, 3.8) is 0 Å². The van der Waals surface area contributed by atoms with Gasteiger partial charge in [-0.25, -0.2) is 9.80 Å². The van der Waals surface area contributed by atoms with Crippen LogP contribution in [0, 0.1) is 12.8 Å². The number of hydrogen-bond acceptors (Lipinski definition) is 14. The highest BCUT2D eigenvalue weighted by atomic mass is 16.6. The first kappa shape index (κ1) is 59.6. The number of nitrogens with one attached hydrogen (secondary N) is 7. The number of fused-ring (bicyclic) bond motifs is 1. The predicted octanol–water partition coefficient (Wildman–Crippen LogP) is 1.21. The number of aromatic nitrogens is 1. The maximum absolute atomic E-state index is 13.3. The molecule has 0 unspecified atom stereocenters. The van der Waals surface area contributed by atoms with E-state index in [2.05, 4.69) is 61.0 Å². The monoisotopic (exact) mass is 998 g/mol. The molecule has 0 saturated carbocycles. The Morgan fingerprint density at radius 1 is 0.676 bits per heavy atom. The average Bonchev–Trinajstić information content (AvgIpc) is 3.69. The van der Waals surface area contributed by atoms with Gasteiger partial charge in [0.2, 0.25) is 29.5 Å². The van der Waals surface area contributed by atoms with E-state index < -0.39 is 29.9 Å². The maximum Gasteiger partial charge on any atom is 0.312 e. The van der Waals surface area contributed by atoms with Crippen LogP contribution in [0.2, 0.25) is 0 Å². The van der Waals surface area contributed by atoms with Gasteiger partial charge in [-0.3, -0.25) is 29.4 Å². The van der Waals surface area contributed by atoms with Gasteiger partial charge in [0.15, 0.2) is 0 Å². The molecule has 395 valence electrons. The van der Waals surface area contributed by atoms with Crippen molar-refractivity contribution in [2.45, 2.75) is 64.7 Å². The number of anilines is 1. The molecule has 2 atom stereocenters. The molecule has 22 nitrogen and oxygen atoms in total. The maximum atomic E-state index is 13.3. The second-order valence-electron chi connectivity index (χ2n) is 16.7. The van der Waals surface area contributed by atoms with E-state index in [0.29, 0.717) is 97.8 Å². The molecule has 1 radical (unpaired) electrons. The summed E-state index contributed by atoms with van der Waals surface area (Å²) in [4.78, 5) is 75.1. The van der Waals surface area contributed by atoms with Gasteiger partial charge in [0, 0.05) is 56.4 Å². The molecular formula is C49H77N10O12. The third-order valence-corrected chi connectivity index (χ3v) is 10.7. The Labute approximate surface area is 417 Å². The summed E-state index contributed by atoms with van der Waals surface area (Å²) >= 11 is 0. The SMILES string of the molecule is [CH2]c1ccc(NC(=O)[C@H](CCCNC(N)=O)NC(=O)[C@@H](NC(=O)CCOCCOCCOCCOCCOCCOCCNC(=O)CNC(=O)CCn2c(CN(C)NC)cc3ccccc32)C(C)C)cc1. The number of rotatable bonds is 39. The third kappa shape index (κ3) is 25.8. The normalized spacial score (nSPS) is 12.2. The van der Waals surface area contributed by atoms with Crippen molar-refractivity contribution in [2.75, 3.05) is 118 Å². The Morgan fingerprint density at radius 3 is 1.86 bits per heavy atom. The fraction of sp³-hybridized carbons (Fsp3) is 0.571. The van der Waals surface area contributed by atoms with Crippen LogP contribution in [0.15, 0.2) is 54.6 Å². The van der Waals surface area contributed by atoms with E-state index in [1.165, 1.54) is 0 Å². The molecule has 3 rings (SSSR count). The van der Waals surface area contributed by atoms with E-state index >= 15 is 0 Å². The molecule has 71 heavy (non-hydrogen) atoms. The van der Waals surface area contributed by atoms with Crippen LogP contribution in [0.1, 0.15) is 50.8 Å². The first-order valence-corrected chi connectivity index (χ1v) is 24.1. The molecule has 0 fully saturated rings. The van der Waals surface area contributed by atoms with Crippen LogP contribution in [-0.2, 0) is 65.5 Å². The van der Waals surface area contributed by atoms with E-state index in [1.807, 2.05) is 37.3 Å². The summed E-state index contributed by atoms with van der Waals surface area (Å²) in [5.41, 5.74) is 11.7. The van der Waals surface area contributed by atoms with Gasteiger partial charge in [0.25, 0.3) is 0 Å². The quantitative estimate of drug-likeness (QED) is 0.0295. The second-order valence-corrected chi connectivity index (χ2v) is 16.7. The topological polar surface area (TPSA) is 276 Å². The van der Waals surface area contributed by atoms with Crippen molar-refractivity contribution in [1.29, 1.82) is 0 Å². The molecule has 1 heterocycles. The van der Waals surface area contributed by atoms with E-state index in [-0.39, 0.29) is 69.2 Å². The van der Waals surface area contributed by atoms with Gasteiger partial charge < -0.3 is 70.6 Å². The molecule has 1 aromatic heterocycles. The van der Waals surface area contributed by atoms with Crippen LogP contribution in [-0.4, -0.2) is 170 Å². The van der Waals surface area contributed by atoms with Crippen molar-refractivity contribution in [3.05, 3.63) is 72.8 Å². The van der Waals surface area contributed by atoms with Crippen LogP contribution < -0.4 is 43.1 Å². The first-order valence-electron chi connectivity index (χ1n) is 24.1. The number of para-hydroxylation sites is 1. The van der Waals surface area contributed by atoms with E-state index in [9.17, 15) is 28.8 Å². The number of benzene rings is 2. The van der Waals surface area contributed by atoms with Gasteiger partial charge >= 0.3 is 6.03 Å². The predicted molar refractivity (Wildman–Crippen MR) is 268 cm³/mol. The minimum atomic E-state index is -0.945. The minimum absolute atomic E-state index is 0.0156. The fourth-order valence-corrected chi connectivity index (χ4v) is 6.80. The van der Waals surface area contributed by atoms with Crippen LogP contribution in [0.5, 0.6) is 0 Å². The average molecular weight is 998 g/mol. The summed E-state index contributed by atoms with van der Waals surface area (Å²) in [5.74, 6) is -2.13. The van der Waals surface area contributed by atoms with Gasteiger partial charge in [-0.2, -0.15) is 0 Å². The third-order valence-electron chi connectivity index (χ3n) is 10.7. The molecule has 0 saturated heterocycles. The Morgan fingerprint density at radius 2 is 1.27 bits per heavy atom. The lowest BCUT2D eigenvalue weighted by Gasteiger charge is -2.25. The molecule has 0 aliphatic rings. The number of ether oxygens (including phenoxy) is 6. The number of primary amides is 1. The summed E-state index contributed by atoms with van der Waals surface area (Å²) in [5, 5.41) is 19.3. The first-order chi connectivity index (χ1) is 34.3. The summed E-state index contributed by atoms with van der Waals surface area (Å²) in [6.45, 7) is 13.0. The molecular weight excluding hydrogens is 921 g/mol. The molecule has 0 aliphatic heterocycles. The molecule has 0 spiro atoms. The standard InChI is InChI=1S/C49H77N10O12/c1-36(2)46(48(64)56-41(10-8-18-53-49(50)65)47(63)55-39-14-12-37(3)13-15-39)57-44(61)17-21-66-23-25-68-27-29-70-31-32-71-30-28-69-26-24-67-22-19-52-45(62)34-54-43(60)16-20-59-40(35-58(5)51-4)33-38-9-6-7-11-42(38)59/h6-7,9,11-15,33,36,41,46,51H,3,8,10,16-32,34-35H2,1-2,4-5H3,(H,52,62)(H,54,60)(H,55,63)(H,56,64)(H,57,61)(H3,50,53,65)/t41-,46-/m0/s1. The Bertz CT molecular complexity index is 2040. The summed E-state index contributed by atoms with van der Waals surface area (Å²) in [6, 6.07) is 14.5. The number of hydrazine groups is 1. The Hall–Kier alpha value is -5.72. The molecule has 9 N–H and O–H groups in total. The lowest BCUT2D eigenvalue weighted by atomic mass is 10.0. The smallest absolute Gasteiger partial charge is 0.312 e. The van der Waals surface area contributed by atoms with E-state index in [1.54, 1.807) is 38.1 Å². The molecule has 2 aromatic carbocycles. The van der Waals surface area contributed by atoms with Crippen LogP contribution in [0.3, 0.4) is 0 Å². The van der Waals surface area contributed by atoms with Crippen molar-refractivity contribution in [1.82, 2.24) is 41.6 Å². The van der Waals surface area contributed by atoms with Gasteiger partial charge in [-0.05, 0) is 67.9 Å². The number of carbonyl (C=O) groups is 6. The highest BCUT2D eigenvalue weighted by Gasteiger charge is 2.29. The highest BCUT2D eigenvalue weighted by molar-refractivity contribution is 5.98. The summed E-state index contributed by atoms with van der Waals surface area (Å²) < 4.78 is 35.2. The minimum Gasteiger partial charge on any atom is -0.379 e. The Balaban J connectivity index is 1.11. The fourth-order valence-electron chi connectivity index (χ4n) is 6.80. The van der Waals surface area contributed by atoms with Crippen molar-refractivity contribution >= 4 is 52.2 Å². The van der Waals surface area contributed by atoms with Gasteiger partial charge in [0.05, 0.1) is 92.4 Å². The van der Waals surface area contributed by atoms with Gasteiger partial charge in [-0.1, -0.05) is 44.2 Å². The largest absolute Gasteiger partial charge is 0.379 e. The van der Waals surface area contributed by atoms with Crippen molar-refractivity contribution < 1.29 is 57.2 Å². The van der Waals surface area contributed by atoms with E-state index in [4.69, 9.17) is 34.2 Å².